The fraction of sp³-hybridized carbons (Fsp3) is 0.235. The van der Waals surface area contributed by atoms with Crippen LogP contribution in [0.5, 0.6) is 0 Å². The number of para-hydroxylation sites is 1. The molecule has 2 heterocycles. The van der Waals surface area contributed by atoms with E-state index in [0.29, 0.717) is 0 Å². The molecule has 3 rings (SSSR count). The van der Waals surface area contributed by atoms with Gasteiger partial charge in [-0.3, -0.25) is 0 Å². The monoisotopic (exact) mass is 319 g/mol. The van der Waals surface area contributed by atoms with Gasteiger partial charge in [0.05, 0.1) is 0 Å². The second-order valence-electron chi connectivity index (χ2n) is 4.91. The van der Waals surface area contributed by atoms with Crippen LogP contribution in [0.4, 0.5) is 0 Å². The van der Waals surface area contributed by atoms with E-state index >= 15 is 0 Å². The molecule has 0 saturated heterocycles. The summed E-state index contributed by atoms with van der Waals surface area (Å²) >= 11 is 1.83. The molecule has 0 radical (unpaired) electrons. The average Bonchev–Trinajstić information content (AvgIpc) is 2.74. The molecule has 0 atom stereocenters. The molecule has 0 amide bonds. The molecule has 1 aromatic heterocycles. The third kappa shape index (κ3) is 3.20. The number of fused-ring (bicyclic) bond motifs is 1. The van der Waals surface area contributed by atoms with Gasteiger partial charge >= 0.3 is 0 Å². The van der Waals surface area contributed by atoms with E-state index in [4.69, 9.17) is 4.74 Å². The van der Waals surface area contributed by atoms with E-state index in [9.17, 15) is 0 Å². The highest BCUT2D eigenvalue weighted by molar-refractivity contribution is 7.18. The number of ether oxygens (including phenoxy) is 1. The maximum Gasteiger partial charge on any atom is 0.263 e. The highest BCUT2D eigenvalue weighted by atomic mass is 35.5. The summed E-state index contributed by atoms with van der Waals surface area (Å²) in [5, 5.41) is 1.28. The summed E-state index contributed by atoms with van der Waals surface area (Å²) in [4.78, 5) is 0. The zero-order valence-corrected chi connectivity index (χ0v) is 14.0. The maximum atomic E-state index is 5.55. The first-order valence-electron chi connectivity index (χ1n) is 6.85. The number of aromatic nitrogens is 1. The minimum Gasteiger partial charge on any atom is -1.00 e. The molecule has 2 nitrogen and oxygen atoms in total. The zero-order valence-electron chi connectivity index (χ0n) is 12.4. The van der Waals surface area contributed by atoms with Crippen molar-refractivity contribution in [3.05, 3.63) is 58.5 Å². The van der Waals surface area contributed by atoms with Crippen molar-refractivity contribution < 1.29 is 21.7 Å². The van der Waals surface area contributed by atoms with Gasteiger partial charge in [0, 0.05) is 12.1 Å². The van der Waals surface area contributed by atoms with Crippen molar-refractivity contribution in [3.8, 4) is 0 Å². The Bertz CT molecular complexity index is 735. The zero-order chi connectivity index (χ0) is 14.1. The Morgan fingerprint density at radius 2 is 1.81 bits per heavy atom. The smallest absolute Gasteiger partial charge is 0.263 e. The first-order valence-corrected chi connectivity index (χ1v) is 7.66. The van der Waals surface area contributed by atoms with Crippen LogP contribution < -0.4 is 17.0 Å². The summed E-state index contributed by atoms with van der Waals surface area (Å²) in [6.07, 6.45) is 6.40. The fourth-order valence-electron chi connectivity index (χ4n) is 2.54. The molecule has 2 aromatic rings. The van der Waals surface area contributed by atoms with Crippen molar-refractivity contribution in [3.63, 3.8) is 0 Å². The summed E-state index contributed by atoms with van der Waals surface area (Å²) in [5.74, 6) is 1.89. The topological polar surface area (TPSA) is 13.1 Å². The SMILES string of the molecule is CC[n+]1c(C=C2C=C(C)OC(C)=C2)sc2ccccc21.[Cl-]. The number of hydrogen-bond donors (Lipinski definition) is 0. The van der Waals surface area contributed by atoms with Crippen molar-refractivity contribution in [1.29, 1.82) is 0 Å². The lowest BCUT2D eigenvalue weighted by molar-refractivity contribution is -0.665. The van der Waals surface area contributed by atoms with Gasteiger partial charge in [-0.1, -0.05) is 23.5 Å². The first kappa shape index (κ1) is 15.8. The third-order valence-electron chi connectivity index (χ3n) is 3.30. The van der Waals surface area contributed by atoms with Gasteiger partial charge in [0.1, 0.15) is 22.8 Å². The molecule has 0 unspecified atom stereocenters. The van der Waals surface area contributed by atoms with E-state index in [1.165, 1.54) is 20.8 Å². The van der Waals surface area contributed by atoms with E-state index < -0.39 is 0 Å². The number of benzene rings is 1. The van der Waals surface area contributed by atoms with E-state index in [-0.39, 0.29) is 12.4 Å². The molecule has 1 aliphatic rings. The molecule has 110 valence electrons. The van der Waals surface area contributed by atoms with Gasteiger partial charge in [-0.2, -0.15) is 4.57 Å². The van der Waals surface area contributed by atoms with Crippen LogP contribution >= 0.6 is 11.3 Å². The molecular weight excluding hydrogens is 302 g/mol. The lowest BCUT2D eigenvalue weighted by atomic mass is 10.1. The molecular formula is C17H18ClNOS. The second-order valence-corrected chi connectivity index (χ2v) is 5.97. The summed E-state index contributed by atoms with van der Waals surface area (Å²) in [7, 11) is 0. The van der Waals surface area contributed by atoms with Crippen LogP contribution in [0.3, 0.4) is 0 Å². The van der Waals surface area contributed by atoms with Crippen molar-refractivity contribution in [2.24, 2.45) is 0 Å². The standard InChI is InChI=1S/C17H18NOS.ClH/c1-4-18-15-7-5-6-8-16(15)20-17(18)11-14-9-12(2)19-13(3)10-14;/h5-11H,4H2,1-3H3;1H/q+1;/p-1. The number of rotatable bonds is 2. The number of aryl methyl sites for hydroxylation is 1. The molecule has 0 aliphatic carbocycles. The molecule has 21 heavy (non-hydrogen) atoms. The molecule has 0 bridgehead atoms. The number of halogens is 1. The Balaban J connectivity index is 0.00000161. The second kappa shape index (κ2) is 6.46. The van der Waals surface area contributed by atoms with Crippen molar-refractivity contribution >= 4 is 27.6 Å². The van der Waals surface area contributed by atoms with Crippen molar-refractivity contribution in [2.75, 3.05) is 0 Å². The first-order chi connectivity index (χ1) is 9.67. The molecule has 4 heteroatoms. The largest absolute Gasteiger partial charge is 1.00 e. The van der Waals surface area contributed by atoms with Gasteiger partial charge in [-0.05, 0) is 44.6 Å². The Hall–Kier alpha value is -1.58. The van der Waals surface area contributed by atoms with Gasteiger partial charge < -0.3 is 17.1 Å². The Kier molecular flexibility index (Phi) is 4.86. The normalized spacial score (nSPS) is 14.1. The van der Waals surface area contributed by atoms with Crippen LogP contribution in [0, 0.1) is 0 Å². The van der Waals surface area contributed by atoms with Crippen molar-refractivity contribution in [2.45, 2.75) is 27.3 Å². The predicted octanol–water partition coefficient (Wildman–Crippen LogP) is 1.43. The average molecular weight is 320 g/mol. The lowest BCUT2D eigenvalue weighted by Gasteiger charge is -2.11. The summed E-state index contributed by atoms with van der Waals surface area (Å²) in [6, 6.07) is 8.56. The van der Waals surface area contributed by atoms with Crippen LogP contribution in [-0.4, -0.2) is 0 Å². The number of thiazole rings is 1. The molecule has 1 aliphatic heterocycles. The predicted molar refractivity (Wildman–Crippen MR) is 84.3 cm³/mol. The highest BCUT2D eigenvalue weighted by Gasteiger charge is 2.17. The van der Waals surface area contributed by atoms with Crippen molar-refractivity contribution in [1.82, 2.24) is 0 Å². The van der Waals surface area contributed by atoms with E-state index in [1.807, 2.05) is 25.2 Å². The molecule has 0 N–H and O–H groups in total. The number of allylic oxidation sites excluding steroid dienone is 5. The van der Waals surface area contributed by atoms with Gasteiger partial charge in [0.2, 0.25) is 5.52 Å². The molecule has 0 spiro atoms. The van der Waals surface area contributed by atoms with Gasteiger partial charge in [0.15, 0.2) is 0 Å². The summed E-state index contributed by atoms with van der Waals surface area (Å²) < 4.78 is 9.23. The Morgan fingerprint density at radius 1 is 1.14 bits per heavy atom. The fourth-order valence-corrected chi connectivity index (χ4v) is 3.72. The molecule has 0 fully saturated rings. The summed E-state index contributed by atoms with van der Waals surface area (Å²) in [6.45, 7) is 7.14. The number of hydrogen-bond acceptors (Lipinski definition) is 2. The van der Waals surface area contributed by atoms with E-state index in [2.05, 4.69) is 54.0 Å². The minimum absolute atomic E-state index is 0. The highest BCUT2D eigenvalue weighted by Crippen LogP contribution is 2.25. The van der Waals surface area contributed by atoms with E-state index in [1.54, 1.807) is 0 Å². The minimum atomic E-state index is 0. The van der Waals surface area contributed by atoms with Crippen LogP contribution in [-0.2, 0) is 11.3 Å². The van der Waals surface area contributed by atoms with E-state index in [0.717, 1.165) is 18.1 Å². The van der Waals surface area contributed by atoms with Gasteiger partial charge in [0.25, 0.3) is 5.01 Å². The molecule has 1 aromatic carbocycles. The van der Waals surface area contributed by atoms with Crippen LogP contribution in [0.2, 0.25) is 0 Å². The van der Waals surface area contributed by atoms with Crippen LogP contribution in [0.1, 0.15) is 25.8 Å². The third-order valence-corrected chi connectivity index (χ3v) is 4.42. The van der Waals surface area contributed by atoms with Gasteiger partial charge in [-0.25, -0.2) is 0 Å². The Morgan fingerprint density at radius 3 is 2.48 bits per heavy atom. The number of nitrogens with zero attached hydrogens (tertiary/aromatic N) is 1. The van der Waals surface area contributed by atoms with Crippen LogP contribution in [0.15, 0.2) is 53.5 Å². The maximum absolute atomic E-state index is 5.55. The van der Waals surface area contributed by atoms with Gasteiger partial charge in [-0.15, -0.1) is 0 Å². The lowest BCUT2D eigenvalue weighted by Crippen LogP contribution is -3.00. The quantitative estimate of drug-likeness (QED) is 0.763. The summed E-state index contributed by atoms with van der Waals surface area (Å²) in [5.41, 5.74) is 2.50. The molecule has 0 saturated carbocycles. The Labute approximate surface area is 135 Å². The van der Waals surface area contributed by atoms with Crippen LogP contribution in [0.25, 0.3) is 16.3 Å².